The van der Waals surface area contributed by atoms with Gasteiger partial charge in [-0.3, -0.25) is 0 Å². The van der Waals surface area contributed by atoms with Crippen LogP contribution in [0.5, 0.6) is 0 Å². The fraction of sp³-hybridized carbons (Fsp3) is 1.00. The standard InChI is InChI=1S/C2H4O.3Na.H3O4P/c1-2-3-1;;;;1-5(2,3)4/h1-2H2;;;;(H3,1,2,3,4)/q;3*+1;/p-3. The number of hydrogen-bond acceptors (Lipinski definition) is 5. The predicted octanol–water partition coefficient (Wildman–Crippen LogP) is -11.8. The molecule has 0 aliphatic carbocycles. The van der Waals surface area contributed by atoms with E-state index in [0.717, 1.165) is 13.2 Å². The van der Waals surface area contributed by atoms with Gasteiger partial charge in [-0.1, -0.05) is 0 Å². The van der Waals surface area contributed by atoms with Crippen LogP contribution >= 0.6 is 7.82 Å². The number of hydrogen-bond donors (Lipinski definition) is 0. The molecule has 0 aromatic rings. The molecule has 0 saturated carbocycles. The summed E-state index contributed by atoms with van der Waals surface area (Å²) in [5.41, 5.74) is 0. The van der Waals surface area contributed by atoms with Crippen molar-refractivity contribution in [2.75, 3.05) is 13.2 Å². The molecule has 0 N–H and O–H groups in total. The van der Waals surface area contributed by atoms with Gasteiger partial charge in [0.2, 0.25) is 0 Å². The van der Waals surface area contributed by atoms with E-state index in [1.807, 2.05) is 0 Å². The van der Waals surface area contributed by atoms with Crippen LogP contribution < -0.4 is 103 Å². The van der Waals surface area contributed by atoms with Crippen molar-refractivity contribution < 1.29 is 113 Å². The van der Waals surface area contributed by atoms with Crippen LogP contribution in [0.15, 0.2) is 0 Å². The maximum atomic E-state index is 8.55. The molecule has 5 nitrogen and oxygen atoms in total. The summed E-state index contributed by atoms with van der Waals surface area (Å²) in [6, 6.07) is 0. The van der Waals surface area contributed by atoms with Gasteiger partial charge in [-0.25, -0.2) is 0 Å². The Morgan fingerprint density at radius 2 is 1.09 bits per heavy atom. The smallest absolute Gasteiger partial charge is 0.822 e. The van der Waals surface area contributed by atoms with E-state index >= 15 is 0 Å². The van der Waals surface area contributed by atoms with Crippen LogP contribution in [-0.4, -0.2) is 13.2 Å². The van der Waals surface area contributed by atoms with Gasteiger partial charge in [-0.2, -0.15) is 7.82 Å². The maximum Gasteiger partial charge on any atom is 1.00 e. The third kappa shape index (κ3) is 96.7. The topological polar surface area (TPSA) is 98.8 Å². The number of ether oxygens (including phenoxy) is 1. The normalized spacial score (nSPS) is 11.9. The molecule has 0 amide bonds. The molecular formula is C2H4Na3O5P. The molecule has 0 atom stereocenters. The van der Waals surface area contributed by atoms with Crippen LogP contribution in [0, 0.1) is 0 Å². The third-order valence-electron chi connectivity index (χ3n) is 0.204. The van der Waals surface area contributed by atoms with Crippen molar-refractivity contribution in [1.29, 1.82) is 0 Å². The molecule has 0 radical (unpaired) electrons. The zero-order valence-electron chi connectivity index (χ0n) is 6.90. The van der Waals surface area contributed by atoms with Crippen molar-refractivity contribution in [3.63, 3.8) is 0 Å². The van der Waals surface area contributed by atoms with Crippen molar-refractivity contribution in [3.8, 4) is 0 Å². The van der Waals surface area contributed by atoms with Gasteiger partial charge in [0.25, 0.3) is 0 Å². The van der Waals surface area contributed by atoms with Crippen molar-refractivity contribution in [2.45, 2.75) is 0 Å². The van der Waals surface area contributed by atoms with Crippen LogP contribution in [-0.2, 0) is 9.30 Å². The molecule has 0 unspecified atom stereocenters. The molecule has 11 heavy (non-hydrogen) atoms. The Labute approximate surface area is 131 Å². The minimum absolute atomic E-state index is 0. The second kappa shape index (κ2) is 13.1. The summed E-state index contributed by atoms with van der Waals surface area (Å²) in [6.45, 7) is 2.00. The summed E-state index contributed by atoms with van der Waals surface area (Å²) in [5.74, 6) is 0. The molecule has 1 fully saturated rings. The molecule has 1 aliphatic rings. The second-order valence-corrected chi connectivity index (χ2v) is 1.95. The first-order chi connectivity index (χ1) is 3.50. The van der Waals surface area contributed by atoms with E-state index in [1.165, 1.54) is 0 Å². The first kappa shape index (κ1) is 23.7. The van der Waals surface area contributed by atoms with E-state index in [4.69, 9.17) is 19.2 Å². The van der Waals surface area contributed by atoms with Crippen molar-refractivity contribution in [3.05, 3.63) is 0 Å². The van der Waals surface area contributed by atoms with Gasteiger partial charge in [0.15, 0.2) is 0 Å². The fourth-order valence-electron chi connectivity index (χ4n) is 0. The minimum atomic E-state index is -5.39. The molecule has 0 spiro atoms. The molecule has 1 saturated heterocycles. The van der Waals surface area contributed by atoms with E-state index in [0.29, 0.717) is 0 Å². The first-order valence-corrected chi connectivity index (χ1v) is 3.27. The van der Waals surface area contributed by atoms with Gasteiger partial charge in [0.1, 0.15) is 0 Å². The fourth-order valence-corrected chi connectivity index (χ4v) is 0. The zero-order chi connectivity index (χ0) is 6.62. The Hall–Kier alpha value is 3.07. The van der Waals surface area contributed by atoms with Crippen LogP contribution in [0.4, 0.5) is 0 Å². The van der Waals surface area contributed by atoms with Crippen LogP contribution in [0.3, 0.4) is 0 Å². The summed E-state index contributed by atoms with van der Waals surface area (Å²) in [5, 5.41) is 0. The Kier molecular flexibility index (Phi) is 28.2. The molecular weight excluding hydrogens is 204 g/mol. The summed E-state index contributed by atoms with van der Waals surface area (Å²) < 4.78 is 13.0. The SMILES string of the molecule is C1CO1.O=P([O-])([O-])[O-].[Na+].[Na+].[Na+]. The average molecular weight is 208 g/mol. The van der Waals surface area contributed by atoms with Crippen LogP contribution in [0.25, 0.3) is 0 Å². The maximum absolute atomic E-state index is 8.55. The first-order valence-electron chi connectivity index (χ1n) is 1.81. The van der Waals surface area contributed by atoms with Gasteiger partial charge in [-0.15, -0.1) is 0 Å². The van der Waals surface area contributed by atoms with Crippen molar-refractivity contribution in [1.82, 2.24) is 0 Å². The minimum Gasteiger partial charge on any atom is -0.822 e. The van der Waals surface area contributed by atoms with E-state index in [1.54, 1.807) is 0 Å². The molecule has 0 aromatic carbocycles. The number of rotatable bonds is 0. The summed E-state index contributed by atoms with van der Waals surface area (Å²) in [6.07, 6.45) is 0. The summed E-state index contributed by atoms with van der Waals surface area (Å²) >= 11 is 0. The van der Waals surface area contributed by atoms with E-state index in [-0.39, 0.29) is 88.7 Å². The Morgan fingerprint density at radius 3 is 1.09 bits per heavy atom. The molecule has 0 bridgehead atoms. The Balaban J connectivity index is -0.0000000365. The third-order valence-corrected chi connectivity index (χ3v) is 0.204. The van der Waals surface area contributed by atoms with Gasteiger partial charge >= 0.3 is 88.7 Å². The number of phosphoric acid groups is 1. The molecule has 1 aliphatic heterocycles. The molecule has 1 heterocycles. The van der Waals surface area contributed by atoms with Gasteiger partial charge in [-0.05, 0) is 0 Å². The second-order valence-electron chi connectivity index (χ2n) is 1.06. The quantitative estimate of drug-likeness (QED) is 0.223. The van der Waals surface area contributed by atoms with Gasteiger partial charge in [0.05, 0.1) is 13.2 Å². The molecule has 0 aromatic heterocycles. The number of epoxide rings is 1. The zero-order valence-corrected chi connectivity index (χ0v) is 13.8. The largest absolute Gasteiger partial charge is 1.00 e. The van der Waals surface area contributed by atoms with E-state index in [9.17, 15) is 0 Å². The Morgan fingerprint density at radius 1 is 1.00 bits per heavy atom. The predicted molar refractivity (Wildman–Crippen MR) is 18.4 cm³/mol. The van der Waals surface area contributed by atoms with Gasteiger partial charge < -0.3 is 24.0 Å². The molecule has 50 valence electrons. The monoisotopic (exact) mass is 208 g/mol. The average Bonchev–Trinajstić information content (AvgIpc) is 1.95. The van der Waals surface area contributed by atoms with Crippen LogP contribution in [0.1, 0.15) is 0 Å². The van der Waals surface area contributed by atoms with E-state index < -0.39 is 7.82 Å². The Bertz CT molecular complexity index is 90.9. The summed E-state index contributed by atoms with van der Waals surface area (Å²) in [4.78, 5) is 25.6. The van der Waals surface area contributed by atoms with Crippen molar-refractivity contribution in [2.24, 2.45) is 0 Å². The summed E-state index contributed by atoms with van der Waals surface area (Å²) in [7, 11) is -5.39. The van der Waals surface area contributed by atoms with E-state index in [2.05, 4.69) is 4.74 Å². The van der Waals surface area contributed by atoms with Crippen molar-refractivity contribution >= 4 is 7.82 Å². The molecule has 1 rings (SSSR count). The molecule has 9 heteroatoms. The van der Waals surface area contributed by atoms with Gasteiger partial charge in [0, 0.05) is 0 Å². The van der Waals surface area contributed by atoms with Crippen LogP contribution in [0.2, 0.25) is 0 Å².